The number of ether oxygens (including phenoxy) is 2. The van der Waals surface area contributed by atoms with Gasteiger partial charge in [0.2, 0.25) is 0 Å². The third-order valence-corrected chi connectivity index (χ3v) is 3.29. The van der Waals surface area contributed by atoms with Crippen molar-refractivity contribution < 1.29 is 19.4 Å². The standard InChI is InChI=1S/C16H15BrO4/c1-2-20-15-9-13(17)7-8-14(15)21-10-11-3-5-12(6-4-11)16(18)19/h3-9H,2,10H2,1H3,(H,18,19). The highest BCUT2D eigenvalue weighted by atomic mass is 79.9. The minimum Gasteiger partial charge on any atom is -0.490 e. The van der Waals surface area contributed by atoms with Crippen LogP contribution in [0.5, 0.6) is 11.5 Å². The highest BCUT2D eigenvalue weighted by molar-refractivity contribution is 9.10. The maximum absolute atomic E-state index is 10.8. The van der Waals surface area contributed by atoms with Crippen LogP contribution in [-0.4, -0.2) is 17.7 Å². The average molecular weight is 351 g/mol. The number of hydrogen-bond donors (Lipinski definition) is 1. The van der Waals surface area contributed by atoms with Gasteiger partial charge in [-0.2, -0.15) is 0 Å². The van der Waals surface area contributed by atoms with Crippen LogP contribution in [0.15, 0.2) is 46.9 Å². The summed E-state index contributed by atoms with van der Waals surface area (Å²) in [4.78, 5) is 10.8. The molecule has 0 aliphatic carbocycles. The Morgan fingerprint density at radius 1 is 1.10 bits per heavy atom. The number of carboxylic acids is 1. The van der Waals surface area contributed by atoms with E-state index < -0.39 is 5.97 Å². The Balaban J connectivity index is 2.07. The molecule has 2 aromatic rings. The van der Waals surface area contributed by atoms with E-state index in [1.54, 1.807) is 24.3 Å². The van der Waals surface area contributed by atoms with Gasteiger partial charge in [-0.05, 0) is 42.8 Å². The lowest BCUT2D eigenvalue weighted by atomic mass is 10.1. The van der Waals surface area contributed by atoms with Crippen LogP contribution in [0.4, 0.5) is 0 Å². The Hall–Kier alpha value is -2.01. The Bertz CT molecular complexity index is 623. The van der Waals surface area contributed by atoms with E-state index in [9.17, 15) is 4.79 Å². The summed E-state index contributed by atoms with van der Waals surface area (Å²) in [6.07, 6.45) is 0. The van der Waals surface area contributed by atoms with Crippen LogP contribution in [0.25, 0.3) is 0 Å². The molecule has 2 aromatic carbocycles. The SMILES string of the molecule is CCOc1cc(Br)ccc1OCc1ccc(C(=O)O)cc1. The lowest BCUT2D eigenvalue weighted by molar-refractivity contribution is 0.0697. The summed E-state index contributed by atoms with van der Waals surface area (Å²) in [5.74, 6) is 0.394. The fourth-order valence-corrected chi connectivity index (χ4v) is 2.11. The first-order valence-corrected chi connectivity index (χ1v) is 7.27. The molecular formula is C16H15BrO4. The van der Waals surface area contributed by atoms with Crippen molar-refractivity contribution in [1.29, 1.82) is 0 Å². The topological polar surface area (TPSA) is 55.8 Å². The van der Waals surface area contributed by atoms with E-state index in [2.05, 4.69) is 15.9 Å². The third-order valence-electron chi connectivity index (χ3n) is 2.80. The van der Waals surface area contributed by atoms with Crippen LogP contribution in [0.3, 0.4) is 0 Å². The Labute approximate surface area is 131 Å². The number of benzene rings is 2. The summed E-state index contributed by atoms with van der Waals surface area (Å²) in [6.45, 7) is 2.82. The molecule has 5 heteroatoms. The monoisotopic (exact) mass is 350 g/mol. The van der Waals surface area contributed by atoms with Gasteiger partial charge in [0, 0.05) is 4.47 Å². The van der Waals surface area contributed by atoms with E-state index in [1.807, 2.05) is 25.1 Å². The maximum atomic E-state index is 10.8. The molecule has 110 valence electrons. The third kappa shape index (κ3) is 4.23. The Kier molecular flexibility index (Phi) is 5.22. The smallest absolute Gasteiger partial charge is 0.335 e. The first kappa shape index (κ1) is 15.4. The quantitative estimate of drug-likeness (QED) is 0.850. The fourth-order valence-electron chi connectivity index (χ4n) is 1.77. The number of aromatic carboxylic acids is 1. The lowest BCUT2D eigenvalue weighted by Crippen LogP contribution is -2.01. The van der Waals surface area contributed by atoms with Gasteiger partial charge in [0.1, 0.15) is 6.61 Å². The van der Waals surface area contributed by atoms with Crippen LogP contribution in [-0.2, 0) is 6.61 Å². The van der Waals surface area contributed by atoms with Crippen molar-refractivity contribution in [3.63, 3.8) is 0 Å². The molecule has 0 aliphatic heterocycles. The van der Waals surface area contributed by atoms with Gasteiger partial charge in [0.05, 0.1) is 12.2 Å². The number of hydrogen-bond acceptors (Lipinski definition) is 3. The van der Waals surface area contributed by atoms with Crippen LogP contribution in [0, 0.1) is 0 Å². The minimum absolute atomic E-state index is 0.261. The van der Waals surface area contributed by atoms with E-state index in [0.29, 0.717) is 24.7 Å². The summed E-state index contributed by atoms with van der Waals surface area (Å²) < 4.78 is 12.2. The molecule has 0 radical (unpaired) electrons. The molecule has 0 saturated carbocycles. The van der Waals surface area contributed by atoms with Gasteiger partial charge >= 0.3 is 5.97 Å². The molecule has 21 heavy (non-hydrogen) atoms. The van der Waals surface area contributed by atoms with Gasteiger partial charge in [0.15, 0.2) is 11.5 Å². The maximum Gasteiger partial charge on any atom is 0.335 e. The van der Waals surface area contributed by atoms with Crippen molar-refractivity contribution in [3.8, 4) is 11.5 Å². The zero-order valence-electron chi connectivity index (χ0n) is 11.5. The Morgan fingerprint density at radius 2 is 1.81 bits per heavy atom. The van der Waals surface area contributed by atoms with Gasteiger partial charge in [-0.1, -0.05) is 28.1 Å². The molecule has 0 atom stereocenters. The zero-order chi connectivity index (χ0) is 15.2. The number of rotatable bonds is 6. The second-order valence-corrected chi connectivity index (χ2v) is 5.23. The summed E-state index contributed by atoms with van der Waals surface area (Å²) in [5.41, 5.74) is 1.16. The van der Waals surface area contributed by atoms with E-state index in [-0.39, 0.29) is 5.56 Å². The number of carbonyl (C=O) groups is 1. The summed E-state index contributed by atoms with van der Waals surface area (Å²) in [5, 5.41) is 8.85. The second-order valence-electron chi connectivity index (χ2n) is 4.31. The molecule has 2 rings (SSSR count). The lowest BCUT2D eigenvalue weighted by Gasteiger charge is -2.12. The van der Waals surface area contributed by atoms with Crippen LogP contribution >= 0.6 is 15.9 Å². The first-order valence-electron chi connectivity index (χ1n) is 6.47. The van der Waals surface area contributed by atoms with Crippen LogP contribution in [0.2, 0.25) is 0 Å². The summed E-state index contributed by atoms with van der Waals surface area (Å²) >= 11 is 3.39. The largest absolute Gasteiger partial charge is 0.490 e. The molecule has 0 bridgehead atoms. The Morgan fingerprint density at radius 3 is 2.43 bits per heavy atom. The predicted molar refractivity (Wildman–Crippen MR) is 83.0 cm³/mol. The van der Waals surface area contributed by atoms with Crippen LogP contribution < -0.4 is 9.47 Å². The van der Waals surface area contributed by atoms with E-state index in [1.165, 1.54) is 0 Å². The molecule has 1 N–H and O–H groups in total. The zero-order valence-corrected chi connectivity index (χ0v) is 13.1. The van der Waals surface area contributed by atoms with Gasteiger partial charge in [-0.3, -0.25) is 0 Å². The van der Waals surface area contributed by atoms with E-state index in [0.717, 1.165) is 10.0 Å². The van der Waals surface area contributed by atoms with Crippen molar-refractivity contribution in [2.75, 3.05) is 6.61 Å². The van der Waals surface area contributed by atoms with Gasteiger partial charge in [-0.15, -0.1) is 0 Å². The fraction of sp³-hybridized carbons (Fsp3) is 0.188. The summed E-state index contributed by atoms with van der Waals surface area (Å²) in [6, 6.07) is 12.2. The molecular weight excluding hydrogens is 336 g/mol. The number of halogens is 1. The van der Waals surface area contributed by atoms with E-state index >= 15 is 0 Å². The molecule has 0 spiro atoms. The first-order chi connectivity index (χ1) is 10.1. The van der Waals surface area contributed by atoms with Gasteiger partial charge < -0.3 is 14.6 Å². The van der Waals surface area contributed by atoms with Crippen molar-refractivity contribution in [3.05, 3.63) is 58.1 Å². The molecule has 0 aliphatic rings. The highest BCUT2D eigenvalue weighted by Gasteiger charge is 2.07. The normalized spacial score (nSPS) is 10.2. The van der Waals surface area contributed by atoms with Crippen molar-refractivity contribution >= 4 is 21.9 Å². The predicted octanol–water partition coefficient (Wildman–Crippen LogP) is 4.13. The van der Waals surface area contributed by atoms with Crippen LogP contribution in [0.1, 0.15) is 22.8 Å². The minimum atomic E-state index is -0.936. The molecule has 0 amide bonds. The molecule has 0 fully saturated rings. The van der Waals surface area contributed by atoms with Crippen molar-refractivity contribution in [2.45, 2.75) is 13.5 Å². The molecule has 0 unspecified atom stereocenters. The molecule has 0 saturated heterocycles. The highest BCUT2D eigenvalue weighted by Crippen LogP contribution is 2.31. The molecule has 0 aromatic heterocycles. The number of carboxylic acid groups (broad SMARTS) is 1. The average Bonchev–Trinajstić information content (AvgIpc) is 2.47. The van der Waals surface area contributed by atoms with Gasteiger partial charge in [0.25, 0.3) is 0 Å². The molecule has 4 nitrogen and oxygen atoms in total. The van der Waals surface area contributed by atoms with Crippen molar-refractivity contribution in [2.24, 2.45) is 0 Å². The summed E-state index contributed by atoms with van der Waals surface area (Å²) in [7, 11) is 0. The van der Waals surface area contributed by atoms with Gasteiger partial charge in [-0.25, -0.2) is 4.79 Å². The van der Waals surface area contributed by atoms with Crippen molar-refractivity contribution in [1.82, 2.24) is 0 Å². The molecule has 0 heterocycles. The van der Waals surface area contributed by atoms with E-state index in [4.69, 9.17) is 14.6 Å². The second kappa shape index (κ2) is 7.13.